The Bertz CT molecular complexity index is 1700. The zero-order valence-corrected chi connectivity index (χ0v) is 28.6. The third-order valence-electron chi connectivity index (χ3n) is 9.51. The maximum absolute atomic E-state index is 13.7. The number of rotatable bonds is 2. The van der Waals surface area contributed by atoms with Crippen LogP contribution in [0.1, 0.15) is 81.7 Å². The van der Waals surface area contributed by atoms with E-state index in [9.17, 15) is 13.2 Å². The molecule has 0 aromatic carbocycles. The van der Waals surface area contributed by atoms with Gasteiger partial charge in [0.1, 0.15) is 11.6 Å². The summed E-state index contributed by atoms with van der Waals surface area (Å²) in [5.74, 6) is 0.526. The van der Waals surface area contributed by atoms with E-state index in [0.29, 0.717) is 24.1 Å². The first-order chi connectivity index (χ1) is 21.7. The van der Waals surface area contributed by atoms with Crippen molar-refractivity contribution < 1.29 is 13.2 Å². The second-order valence-corrected chi connectivity index (χ2v) is 16.2. The summed E-state index contributed by atoms with van der Waals surface area (Å²) in [6.07, 6.45) is 4.52. The maximum atomic E-state index is 13.7. The van der Waals surface area contributed by atoms with Gasteiger partial charge in [0.05, 0.1) is 29.2 Å². The van der Waals surface area contributed by atoms with Crippen LogP contribution in [0.5, 0.6) is 0 Å². The first kappa shape index (κ1) is 32.2. The van der Waals surface area contributed by atoms with Gasteiger partial charge >= 0.3 is 0 Å². The Hall–Kier alpha value is -3.77. The molecule has 3 aromatic heterocycles. The number of sulfonamides is 1. The topological polar surface area (TPSA) is 124 Å². The number of carbonyl (C=O) groups is 1. The van der Waals surface area contributed by atoms with Crippen LogP contribution >= 0.6 is 0 Å². The van der Waals surface area contributed by atoms with E-state index in [0.717, 1.165) is 62.5 Å². The van der Waals surface area contributed by atoms with Crippen LogP contribution in [-0.2, 0) is 15.4 Å². The first-order valence-corrected chi connectivity index (χ1v) is 17.7. The van der Waals surface area contributed by atoms with Crippen LogP contribution in [0.2, 0.25) is 0 Å². The first-order valence-electron chi connectivity index (χ1n) is 16.2. The Balaban J connectivity index is 1.37. The second-order valence-electron chi connectivity index (χ2n) is 14.6. The van der Waals surface area contributed by atoms with Crippen molar-refractivity contribution >= 4 is 33.3 Å². The lowest BCUT2D eigenvalue weighted by atomic mass is 9.90. The van der Waals surface area contributed by atoms with E-state index in [1.54, 1.807) is 18.2 Å². The molecule has 3 aromatic rings. The average molecular weight is 647 g/mol. The number of nitrogens with zero attached hydrogens (tertiary/aromatic N) is 6. The summed E-state index contributed by atoms with van der Waals surface area (Å²) in [6, 6.07) is 12.3. The standard InChI is InChI=1S/C34H46N8O3S/c1-33(2,3)28-15-12-25-31(37-28)42-22-23(20-34(42,4)5)10-13-27(26-14-11-24(21-35-26)41-18-16-40(6)17-19-41)36-29-8-7-9-30(38-29)46(44,45)39-32(25)43/h7-9,11-12,14-15,21,23,27H,10,13,16-20,22H2,1-6H3,(H,36,38)(H,39,43)/t23-,27?/m0/s1. The molecule has 0 aliphatic carbocycles. The predicted molar refractivity (Wildman–Crippen MR) is 181 cm³/mol. The van der Waals surface area contributed by atoms with E-state index >= 15 is 0 Å². The molecule has 0 radical (unpaired) electrons. The number of carbonyl (C=O) groups excluding carboxylic acids is 1. The number of nitrogens with one attached hydrogen (secondary N) is 2. The van der Waals surface area contributed by atoms with Crippen LogP contribution in [-0.4, -0.2) is 79.5 Å². The Morgan fingerprint density at radius 1 is 0.957 bits per heavy atom. The highest BCUT2D eigenvalue weighted by molar-refractivity contribution is 7.90. The molecule has 2 fully saturated rings. The summed E-state index contributed by atoms with van der Waals surface area (Å²) >= 11 is 0. The molecule has 11 nitrogen and oxygen atoms in total. The molecule has 3 aliphatic rings. The van der Waals surface area contributed by atoms with Crippen LogP contribution in [0.3, 0.4) is 0 Å². The van der Waals surface area contributed by atoms with E-state index in [1.807, 2.05) is 12.3 Å². The minimum absolute atomic E-state index is 0.193. The summed E-state index contributed by atoms with van der Waals surface area (Å²) in [4.78, 5) is 34.9. The summed E-state index contributed by atoms with van der Waals surface area (Å²) in [6.45, 7) is 15.2. The number of anilines is 3. The quantitative estimate of drug-likeness (QED) is 0.409. The highest BCUT2D eigenvalue weighted by Gasteiger charge is 2.41. The lowest BCUT2D eigenvalue weighted by Gasteiger charge is -2.34. The number of piperazine rings is 1. The minimum atomic E-state index is -4.28. The van der Waals surface area contributed by atoms with Gasteiger partial charge in [0.25, 0.3) is 15.9 Å². The Morgan fingerprint density at radius 3 is 2.41 bits per heavy atom. The van der Waals surface area contributed by atoms with Gasteiger partial charge in [-0.25, -0.2) is 14.7 Å². The number of amides is 1. The molecule has 1 amide bonds. The molecule has 2 N–H and O–H groups in total. The third-order valence-corrected chi connectivity index (χ3v) is 10.7. The van der Waals surface area contributed by atoms with E-state index in [1.165, 1.54) is 6.07 Å². The van der Waals surface area contributed by atoms with Gasteiger partial charge < -0.3 is 20.0 Å². The van der Waals surface area contributed by atoms with Gasteiger partial charge in [-0.15, -0.1) is 0 Å². The van der Waals surface area contributed by atoms with Crippen LogP contribution in [0.4, 0.5) is 17.3 Å². The van der Waals surface area contributed by atoms with Crippen LogP contribution in [0, 0.1) is 5.92 Å². The van der Waals surface area contributed by atoms with Crippen LogP contribution < -0.4 is 19.8 Å². The summed E-state index contributed by atoms with van der Waals surface area (Å²) in [7, 11) is -2.13. The van der Waals surface area contributed by atoms with E-state index < -0.39 is 15.9 Å². The second kappa shape index (κ2) is 12.1. The lowest BCUT2D eigenvalue weighted by molar-refractivity contribution is 0.0981. The Kier molecular flexibility index (Phi) is 8.47. The number of hydrogen-bond donors (Lipinski definition) is 2. The van der Waals surface area contributed by atoms with E-state index in [-0.39, 0.29) is 27.6 Å². The van der Waals surface area contributed by atoms with Gasteiger partial charge in [-0.05, 0) is 82.5 Å². The molecule has 6 rings (SSSR count). The molecule has 6 heterocycles. The van der Waals surface area contributed by atoms with Gasteiger partial charge in [-0.1, -0.05) is 26.8 Å². The normalized spacial score (nSPS) is 23.5. The van der Waals surface area contributed by atoms with Crippen molar-refractivity contribution in [3.8, 4) is 0 Å². The van der Waals surface area contributed by atoms with E-state index in [4.69, 9.17) is 9.97 Å². The van der Waals surface area contributed by atoms with Gasteiger partial charge in [0.15, 0.2) is 5.03 Å². The summed E-state index contributed by atoms with van der Waals surface area (Å²) < 4.78 is 29.3. The van der Waals surface area contributed by atoms with Gasteiger partial charge in [0.2, 0.25) is 0 Å². The number of pyridine rings is 3. The molecule has 46 heavy (non-hydrogen) atoms. The van der Waals surface area contributed by atoms with Crippen molar-refractivity contribution in [2.75, 3.05) is 54.9 Å². The van der Waals surface area contributed by atoms with Gasteiger partial charge in [-0.3, -0.25) is 9.78 Å². The SMILES string of the molecule is CN1CCN(c2ccc(C3CC[C@@H]4CN(c5nc(C(C)(C)C)ccc5C(=O)NS(=O)(=O)c5cccc(n5)N3)C(C)(C)C4)nc2)CC1. The van der Waals surface area contributed by atoms with Crippen LogP contribution in [0.15, 0.2) is 53.7 Å². The molecule has 0 saturated carbocycles. The largest absolute Gasteiger partial charge is 0.368 e. The van der Waals surface area contributed by atoms with Crippen LogP contribution in [0.25, 0.3) is 0 Å². The molecular weight excluding hydrogens is 600 g/mol. The fourth-order valence-corrected chi connectivity index (χ4v) is 7.74. The fourth-order valence-electron chi connectivity index (χ4n) is 6.81. The maximum Gasteiger partial charge on any atom is 0.281 e. The molecule has 246 valence electrons. The number of fused-ring (bicyclic) bond motifs is 6. The van der Waals surface area contributed by atoms with Crippen molar-refractivity contribution in [2.45, 2.75) is 75.9 Å². The Morgan fingerprint density at radius 2 is 1.72 bits per heavy atom. The molecule has 4 bridgehead atoms. The highest BCUT2D eigenvalue weighted by atomic mass is 32.2. The molecule has 2 atom stereocenters. The lowest BCUT2D eigenvalue weighted by Crippen LogP contribution is -2.44. The molecule has 1 unspecified atom stereocenters. The van der Waals surface area contributed by atoms with Crippen molar-refractivity contribution in [1.82, 2.24) is 24.6 Å². The average Bonchev–Trinajstić information content (AvgIpc) is 3.32. The highest BCUT2D eigenvalue weighted by Crippen LogP contribution is 2.41. The number of aromatic nitrogens is 3. The fraction of sp³-hybridized carbons (Fsp3) is 0.529. The molecular formula is C34H46N8O3S. The van der Waals surface area contributed by atoms with Crippen molar-refractivity contribution in [3.05, 3.63) is 65.6 Å². The van der Waals surface area contributed by atoms with Crippen molar-refractivity contribution in [3.63, 3.8) is 0 Å². The molecule has 3 aliphatic heterocycles. The monoisotopic (exact) mass is 646 g/mol. The summed E-state index contributed by atoms with van der Waals surface area (Å²) in [5.41, 5.74) is 2.50. The smallest absolute Gasteiger partial charge is 0.281 e. The predicted octanol–water partition coefficient (Wildman–Crippen LogP) is 4.59. The van der Waals surface area contributed by atoms with Crippen molar-refractivity contribution in [1.29, 1.82) is 0 Å². The van der Waals surface area contributed by atoms with E-state index in [2.05, 4.69) is 83.5 Å². The summed E-state index contributed by atoms with van der Waals surface area (Å²) in [5, 5.41) is 3.25. The zero-order valence-electron chi connectivity index (χ0n) is 27.7. The van der Waals surface area contributed by atoms with Gasteiger partial charge in [-0.2, -0.15) is 8.42 Å². The Labute approximate surface area is 272 Å². The van der Waals surface area contributed by atoms with Crippen molar-refractivity contribution in [2.24, 2.45) is 5.92 Å². The number of hydrogen-bond acceptors (Lipinski definition) is 10. The molecule has 2 saturated heterocycles. The third kappa shape index (κ3) is 6.69. The van der Waals surface area contributed by atoms with Gasteiger partial charge in [0, 0.05) is 49.4 Å². The zero-order chi connectivity index (χ0) is 32.9. The minimum Gasteiger partial charge on any atom is -0.368 e. The number of likely N-dealkylation sites (N-methyl/N-ethyl adjacent to an activating group) is 1. The molecule has 0 spiro atoms. The molecule has 12 heteroatoms.